The van der Waals surface area contributed by atoms with Gasteiger partial charge in [0.05, 0.1) is 6.61 Å². The van der Waals surface area contributed by atoms with Crippen LogP contribution < -0.4 is 0 Å². The van der Waals surface area contributed by atoms with E-state index in [2.05, 4.69) is 9.26 Å². The lowest BCUT2D eigenvalue weighted by Gasteiger charge is -2.13. The Morgan fingerprint density at radius 3 is 2.50 bits per heavy atom. The number of esters is 1. The number of cyclic esters (lactones) is 1. The van der Waals surface area contributed by atoms with Crippen LogP contribution in [0.15, 0.2) is 11.5 Å². The number of hydrogen-bond donors (Lipinski definition) is 5. The molecule has 2 atom stereocenters. The summed E-state index contributed by atoms with van der Waals surface area (Å²) in [5.74, 6) is -3.39. The number of ether oxygens (including phenoxy) is 1. The summed E-state index contributed by atoms with van der Waals surface area (Å²) in [6.07, 6.45) is -3.21. The molecule has 0 spiro atoms. The molecule has 1 heterocycles. The van der Waals surface area contributed by atoms with Crippen molar-refractivity contribution in [1.29, 1.82) is 0 Å². The van der Waals surface area contributed by atoms with E-state index in [0.29, 0.717) is 0 Å². The minimum Gasteiger partial charge on any atom is -0.505 e. The van der Waals surface area contributed by atoms with Crippen LogP contribution in [0, 0.1) is 0 Å². The van der Waals surface area contributed by atoms with Crippen LogP contribution in [0.3, 0.4) is 0 Å². The van der Waals surface area contributed by atoms with E-state index in [4.69, 9.17) is 20.0 Å². The first-order valence-electron chi connectivity index (χ1n) is 3.94. The highest BCUT2D eigenvalue weighted by atomic mass is 31.2. The fourth-order valence-electron chi connectivity index (χ4n) is 1.02. The molecule has 1 aliphatic rings. The Hall–Kier alpha value is -1.12. The second-order valence-electron chi connectivity index (χ2n) is 2.87. The highest BCUT2D eigenvalue weighted by Crippen LogP contribution is 2.42. The Morgan fingerprint density at radius 1 is 1.50 bits per heavy atom. The molecule has 0 aromatic carbocycles. The number of phosphoric acid groups is 1. The second kappa shape index (κ2) is 4.40. The van der Waals surface area contributed by atoms with Gasteiger partial charge in [-0.15, -0.1) is 0 Å². The van der Waals surface area contributed by atoms with E-state index >= 15 is 0 Å². The third kappa shape index (κ3) is 2.71. The number of aliphatic hydroxyl groups excluding tert-OH is 3. The first-order valence-corrected chi connectivity index (χ1v) is 5.47. The molecule has 0 aliphatic carbocycles. The van der Waals surface area contributed by atoms with Gasteiger partial charge in [-0.05, 0) is 0 Å². The zero-order chi connectivity index (χ0) is 12.5. The summed E-state index contributed by atoms with van der Waals surface area (Å²) in [7, 11) is -5.02. The van der Waals surface area contributed by atoms with Crippen molar-refractivity contribution in [1.82, 2.24) is 0 Å². The van der Waals surface area contributed by atoms with Gasteiger partial charge in [0.1, 0.15) is 6.10 Å². The Kier molecular flexibility index (Phi) is 3.56. The van der Waals surface area contributed by atoms with Gasteiger partial charge in [0, 0.05) is 0 Å². The molecule has 0 amide bonds. The second-order valence-corrected chi connectivity index (χ2v) is 4.04. The zero-order valence-electron chi connectivity index (χ0n) is 7.68. The molecule has 0 bridgehead atoms. The lowest BCUT2D eigenvalue weighted by molar-refractivity contribution is -0.147. The lowest BCUT2D eigenvalue weighted by Crippen LogP contribution is -2.31. The van der Waals surface area contributed by atoms with Gasteiger partial charge in [-0.2, -0.15) is 0 Å². The fourth-order valence-corrected chi connectivity index (χ4v) is 1.42. The van der Waals surface area contributed by atoms with E-state index in [1.165, 1.54) is 0 Å². The van der Waals surface area contributed by atoms with E-state index in [9.17, 15) is 14.5 Å². The number of hydrogen-bond acceptors (Lipinski definition) is 7. The van der Waals surface area contributed by atoms with Crippen LogP contribution in [-0.2, 0) is 18.6 Å². The molecule has 1 unspecified atom stereocenters. The average molecular weight is 256 g/mol. The van der Waals surface area contributed by atoms with Crippen molar-refractivity contribution in [2.45, 2.75) is 12.2 Å². The van der Waals surface area contributed by atoms with Crippen molar-refractivity contribution in [3.63, 3.8) is 0 Å². The van der Waals surface area contributed by atoms with Gasteiger partial charge in [0.15, 0.2) is 11.9 Å². The maximum atomic E-state index is 11.0. The molecule has 0 saturated carbocycles. The van der Waals surface area contributed by atoms with Crippen LogP contribution in [0.2, 0.25) is 0 Å². The first-order chi connectivity index (χ1) is 7.26. The van der Waals surface area contributed by atoms with Gasteiger partial charge in [0.2, 0.25) is 0 Å². The molecule has 5 N–H and O–H groups in total. The number of rotatable bonds is 4. The summed E-state index contributed by atoms with van der Waals surface area (Å²) in [5.41, 5.74) is 0. The predicted octanol–water partition coefficient (Wildman–Crippen LogP) is -1.86. The van der Waals surface area contributed by atoms with Gasteiger partial charge >= 0.3 is 13.8 Å². The largest absolute Gasteiger partial charge is 0.525 e. The summed E-state index contributed by atoms with van der Waals surface area (Å²) in [5, 5.41) is 26.9. The summed E-state index contributed by atoms with van der Waals surface area (Å²) in [6, 6.07) is 0. The van der Waals surface area contributed by atoms with Gasteiger partial charge < -0.3 is 24.6 Å². The highest BCUT2D eigenvalue weighted by Gasteiger charge is 2.42. The average Bonchev–Trinajstić information content (AvgIpc) is 2.42. The van der Waals surface area contributed by atoms with Gasteiger partial charge in [-0.3, -0.25) is 9.79 Å². The Morgan fingerprint density at radius 2 is 2.06 bits per heavy atom. The van der Waals surface area contributed by atoms with Crippen molar-refractivity contribution >= 4 is 13.8 Å². The van der Waals surface area contributed by atoms with E-state index < -0.39 is 44.1 Å². The van der Waals surface area contributed by atoms with Crippen molar-refractivity contribution in [3.05, 3.63) is 11.5 Å². The molecule has 0 radical (unpaired) electrons. The van der Waals surface area contributed by atoms with Crippen molar-refractivity contribution < 1.29 is 43.7 Å². The molecular weight excluding hydrogens is 247 g/mol. The van der Waals surface area contributed by atoms with E-state index in [0.717, 1.165) is 0 Å². The van der Waals surface area contributed by atoms with Gasteiger partial charge in [-0.1, -0.05) is 0 Å². The minimum atomic E-state index is -5.02. The quantitative estimate of drug-likeness (QED) is 0.288. The predicted molar refractivity (Wildman–Crippen MR) is 45.8 cm³/mol. The summed E-state index contributed by atoms with van der Waals surface area (Å²) < 4.78 is 18.7. The monoisotopic (exact) mass is 256 g/mol. The van der Waals surface area contributed by atoms with Crippen LogP contribution in [0.5, 0.6) is 0 Å². The molecule has 0 aromatic heterocycles. The summed E-state index contributed by atoms with van der Waals surface area (Å²) >= 11 is 0. The van der Waals surface area contributed by atoms with E-state index in [1.54, 1.807) is 0 Å². The molecule has 1 rings (SSSR count). The molecule has 0 aromatic rings. The molecule has 9 nitrogen and oxygen atoms in total. The van der Waals surface area contributed by atoms with Crippen molar-refractivity contribution in [2.75, 3.05) is 6.61 Å². The topological polar surface area (TPSA) is 154 Å². The molecule has 0 fully saturated rings. The molecule has 0 saturated heterocycles. The normalized spacial score (nSPS) is 23.2. The number of phosphoric ester groups is 1. The summed E-state index contributed by atoms with van der Waals surface area (Å²) in [6.45, 7) is -0.814. The highest BCUT2D eigenvalue weighted by molar-refractivity contribution is 7.46. The maximum Gasteiger partial charge on any atom is 0.525 e. The third-order valence-electron chi connectivity index (χ3n) is 1.67. The zero-order valence-corrected chi connectivity index (χ0v) is 8.57. The van der Waals surface area contributed by atoms with Crippen molar-refractivity contribution in [2.24, 2.45) is 0 Å². The van der Waals surface area contributed by atoms with Crippen molar-refractivity contribution in [3.8, 4) is 0 Å². The van der Waals surface area contributed by atoms with E-state index in [1.807, 2.05) is 0 Å². The summed E-state index contributed by atoms with van der Waals surface area (Å²) in [4.78, 5) is 27.8. The first kappa shape index (κ1) is 12.9. The third-order valence-corrected chi connectivity index (χ3v) is 2.09. The standard InChI is InChI=1S/C6H9O9P/c7-1-2(8)4-3(9)5(6(10)14-4)15-16(11,12)13/h2,4,7-9H,1H2,(H2,11,12,13)/t2?,4-/m1/s1. The molecule has 92 valence electrons. The lowest BCUT2D eigenvalue weighted by atomic mass is 10.2. The van der Waals surface area contributed by atoms with Gasteiger partial charge in [-0.25, -0.2) is 9.36 Å². The van der Waals surface area contributed by atoms with Crippen LogP contribution in [0.25, 0.3) is 0 Å². The smallest absolute Gasteiger partial charge is 0.505 e. The molecular formula is C6H9O9P. The molecule has 10 heteroatoms. The number of aliphatic hydroxyl groups is 3. The Balaban J connectivity index is 2.94. The van der Waals surface area contributed by atoms with Crippen LogP contribution in [0.4, 0.5) is 0 Å². The van der Waals surface area contributed by atoms with Gasteiger partial charge in [0.25, 0.3) is 5.76 Å². The maximum absolute atomic E-state index is 11.0. The van der Waals surface area contributed by atoms with Crippen LogP contribution >= 0.6 is 7.82 Å². The van der Waals surface area contributed by atoms with Crippen LogP contribution in [0.1, 0.15) is 0 Å². The van der Waals surface area contributed by atoms with E-state index in [-0.39, 0.29) is 0 Å². The SMILES string of the molecule is O=C1O[C@H](C(O)CO)C(O)=C1OP(=O)(O)O. The molecule has 16 heavy (non-hydrogen) atoms. The number of carbonyl (C=O) groups is 1. The minimum absolute atomic E-state index is 0.814. The Bertz CT molecular complexity index is 368. The fraction of sp³-hybridized carbons (Fsp3) is 0.500. The number of carbonyl (C=O) groups excluding carboxylic acids is 1. The van der Waals surface area contributed by atoms with Crippen LogP contribution in [-0.4, -0.2) is 49.9 Å². The Labute approximate surface area is 88.8 Å². The molecule has 1 aliphatic heterocycles.